The predicted octanol–water partition coefficient (Wildman–Crippen LogP) is 3.87. The zero-order chi connectivity index (χ0) is 17.4. The van der Waals surface area contributed by atoms with Crippen LogP contribution < -0.4 is 15.0 Å². The number of rotatable bonds is 3. The summed E-state index contributed by atoms with van der Waals surface area (Å²) >= 11 is 1.61. The highest BCUT2D eigenvalue weighted by Crippen LogP contribution is 2.35. The van der Waals surface area contributed by atoms with E-state index in [9.17, 15) is 4.79 Å². The van der Waals surface area contributed by atoms with Crippen molar-refractivity contribution in [3.8, 4) is 27.6 Å². The minimum Gasteiger partial charge on any atom is -0.482 e. The number of nitrogens with one attached hydrogen (secondary N) is 1. The Bertz CT molecular complexity index is 932. The zero-order valence-electron chi connectivity index (χ0n) is 13.9. The second-order valence-corrected chi connectivity index (χ2v) is 6.89. The lowest BCUT2D eigenvalue weighted by molar-refractivity contribution is -0.118. The van der Waals surface area contributed by atoms with Gasteiger partial charge in [-0.05, 0) is 42.5 Å². The number of ether oxygens (including phenoxy) is 1. The van der Waals surface area contributed by atoms with Crippen LogP contribution in [0.5, 0.6) is 5.75 Å². The Hall–Kier alpha value is -2.86. The van der Waals surface area contributed by atoms with Crippen molar-refractivity contribution in [1.29, 1.82) is 0 Å². The molecule has 1 amide bonds. The number of hydrogen-bond acceptors (Lipinski definition) is 5. The van der Waals surface area contributed by atoms with Gasteiger partial charge in [-0.15, -0.1) is 11.3 Å². The van der Waals surface area contributed by atoms with Crippen LogP contribution in [0.2, 0.25) is 0 Å². The van der Waals surface area contributed by atoms with E-state index in [2.05, 4.69) is 34.5 Å². The first-order chi connectivity index (χ1) is 12.1. The number of aromatic nitrogens is 1. The number of amides is 1. The van der Waals surface area contributed by atoms with Gasteiger partial charge >= 0.3 is 0 Å². The van der Waals surface area contributed by atoms with Crippen molar-refractivity contribution in [1.82, 2.24) is 4.98 Å². The van der Waals surface area contributed by atoms with Gasteiger partial charge in [0.2, 0.25) is 0 Å². The first kappa shape index (κ1) is 15.7. The minimum absolute atomic E-state index is 0.0656. The van der Waals surface area contributed by atoms with Crippen molar-refractivity contribution in [2.24, 2.45) is 0 Å². The van der Waals surface area contributed by atoms with Gasteiger partial charge in [0.1, 0.15) is 10.8 Å². The highest BCUT2D eigenvalue weighted by Gasteiger charge is 2.17. The van der Waals surface area contributed by atoms with Crippen molar-refractivity contribution in [3.05, 3.63) is 47.8 Å². The van der Waals surface area contributed by atoms with E-state index in [1.165, 1.54) is 0 Å². The third kappa shape index (κ3) is 3.08. The molecule has 0 radical (unpaired) electrons. The summed E-state index contributed by atoms with van der Waals surface area (Å²) in [7, 11) is 4.05. The number of carbonyl (C=O) groups excluding carboxylic acids is 1. The molecule has 1 aromatic heterocycles. The summed E-state index contributed by atoms with van der Waals surface area (Å²) in [6, 6.07) is 14.1. The van der Waals surface area contributed by atoms with Gasteiger partial charge < -0.3 is 15.0 Å². The maximum absolute atomic E-state index is 11.5. The van der Waals surface area contributed by atoms with Crippen LogP contribution in [0.25, 0.3) is 21.8 Å². The second kappa shape index (κ2) is 6.22. The van der Waals surface area contributed by atoms with Crippen LogP contribution in [-0.4, -0.2) is 31.6 Å². The molecule has 3 aromatic rings. The number of benzene rings is 2. The molecule has 1 N–H and O–H groups in total. The molecule has 0 saturated carbocycles. The first-order valence-corrected chi connectivity index (χ1v) is 8.78. The van der Waals surface area contributed by atoms with E-state index in [0.717, 1.165) is 27.5 Å². The minimum atomic E-state index is -0.135. The van der Waals surface area contributed by atoms with E-state index < -0.39 is 0 Å². The Balaban J connectivity index is 1.63. The van der Waals surface area contributed by atoms with Gasteiger partial charge in [0, 0.05) is 36.3 Å². The highest BCUT2D eigenvalue weighted by molar-refractivity contribution is 7.13. The van der Waals surface area contributed by atoms with Gasteiger partial charge in [-0.1, -0.05) is 0 Å². The number of carbonyl (C=O) groups is 1. The van der Waals surface area contributed by atoms with Crippen molar-refractivity contribution >= 4 is 28.6 Å². The van der Waals surface area contributed by atoms with Gasteiger partial charge in [0.15, 0.2) is 6.61 Å². The van der Waals surface area contributed by atoms with Crippen LogP contribution >= 0.6 is 11.3 Å². The molecule has 0 aliphatic carbocycles. The number of hydrogen-bond donors (Lipinski definition) is 1. The smallest absolute Gasteiger partial charge is 0.262 e. The molecule has 6 heteroatoms. The summed E-state index contributed by atoms with van der Waals surface area (Å²) < 4.78 is 5.40. The molecular formula is C19H17N3O2S. The molecule has 5 nitrogen and oxygen atoms in total. The van der Waals surface area contributed by atoms with Gasteiger partial charge in [-0.2, -0.15) is 0 Å². The van der Waals surface area contributed by atoms with Crippen LogP contribution in [0.3, 0.4) is 0 Å². The maximum Gasteiger partial charge on any atom is 0.262 e. The Kier molecular flexibility index (Phi) is 3.89. The van der Waals surface area contributed by atoms with E-state index >= 15 is 0 Å². The molecule has 25 heavy (non-hydrogen) atoms. The molecule has 1 aliphatic heterocycles. The fourth-order valence-corrected chi connectivity index (χ4v) is 3.52. The van der Waals surface area contributed by atoms with Crippen LogP contribution in [0, 0.1) is 0 Å². The lowest BCUT2D eigenvalue weighted by atomic mass is 10.1. The number of thiazole rings is 1. The average molecular weight is 351 g/mol. The molecule has 0 unspecified atom stereocenters. The summed E-state index contributed by atoms with van der Waals surface area (Å²) in [6.45, 7) is 0.0656. The Labute approximate surface area is 149 Å². The number of nitrogens with zero attached hydrogens (tertiary/aromatic N) is 2. The fourth-order valence-electron chi connectivity index (χ4n) is 2.68. The predicted molar refractivity (Wildman–Crippen MR) is 101 cm³/mol. The van der Waals surface area contributed by atoms with E-state index in [-0.39, 0.29) is 12.5 Å². The normalized spacial score (nSPS) is 13.0. The Morgan fingerprint density at radius 1 is 1.12 bits per heavy atom. The summed E-state index contributed by atoms with van der Waals surface area (Å²) in [5.41, 5.74) is 4.79. The average Bonchev–Trinajstić information content (AvgIpc) is 3.11. The monoisotopic (exact) mass is 351 g/mol. The van der Waals surface area contributed by atoms with E-state index in [1.54, 1.807) is 11.3 Å². The molecule has 0 bridgehead atoms. The Morgan fingerprint density at radius 2 is 1.88 bits per heavy atom. The molecule has 126 valence electrons. The standard InChI is InChI=1S/C19H17N3O2S/c1-22(2)14-6-3-12(4-7-14)19-21-16(11-25-19)13-5-8-17-15(9-13)20-18(23)10-24-17/h3-9,11H,10H2,1-2H3,(H,20,23). The van der Waals surface area contributed by atoms with Crippen molar-refractivity contribution in [2.75, 3.05) is 30.9 Å². The van der Waals surface area contributed by atoms with Crippen LogP contribution in [0.1, 0.15) is 0 Å². The molecule has 0 saturated heterocycles. The van der Waals surface area contributed by atoms with Gasteiger partial charge in [0.25, 0.3) is 5.91 Å². The summed E-state index contributed by atoms with van der Waals surface area (Å²) in [5, 5.41) is 5.83. The topological polar surface area (TPSA) is 54.5 Å². The first-order valence-electron chi connectivity index (χ1n) is 7.90. The molecule has 1 aliphatic rings. The van der Waals surface area contributed by atoms with Gasteiger partial charge in [0.05, 0.1) is 11.4 Å². The van der Waals surface area contributed by atoms with Crippen molar-refractivity contribution < 1.29 is 9.53 Å². The van der Waals surface area contributed by atoms with Crippen LogP contribution in [-0.2, 0) is 4.79 Å². The van der Waals surface area contributed by atoms with Crippen LogP contribution in [0.15, 0.2) is 47.8 Å². The SMILES string of the molecule is CN(C)c1ccc(-c2nc(-c3ccc4c(c3)NC(=O)CO4)cs2)cc1. The zero-order valence-corrected chi connectivity index (χ0v) is 14.8. The van der Waals surface area contributed by atoms with Crippen molar-refractivity contribution in [3.63, 3.8) is 0 Å². The van der Waals surface area contributed by atoms with E-state index in [4.69, 9.17) is 9.72 Å². The number of fused-ring (bicyclic) bond motifs is 1. The molecule has 0 fully saturated rings. The van der Waals surface area contributed by atoms with E-state index in [0.29, 0.717) is 11.4 Å². The lowest BCUT2D eigenvalue weighted by Crippen LogP contribution is -2.25. The molecular weight excluding hydrogens is 334 g/mol. The molecule has 2 aromatic carbocycles. The molecule has 2 heterocycles. The van der Waals surface area contributed by atoms with E-state index in [1.807, 2.05) is 37.7 Å². The largest absolute Gasteiger partial charge is 0.482 e. The quantitative estimate of drug-likeness (QED) is 0.778. The van der Waals surface area contributed by atoms with Crippen LogP contribution in [0.4, 0.5) is 11.4 Å². The summed E-state index contributed by atoms with van der Waals surface area (Å²) in [5.74, 6) is 0.558. The fraction of sp³-hybridized carbons (Fsp3) is 0.158. The van der Waals surface area contributed by atoms with Gasteiger partial charge in [-0.25, -0.2) is 4.98 Å². The lowest BCUT2D eigenvalue weighted by Gasteiger charge is -2.18. The summed E-state index contributed by atoms with van der Waals surface area (Å²) in [4.78, 5) is 18.3. The number of anilines is 2. The third-order valence-corrected chi connectivity index (χ3v) is 4.93. The highest BCUT2D eigenvalue weighted by atomic mass is 32.1. The second-order valence-electron chi connectivity index (χ2n) is 6.03. The Morgan fingerprint density at radius 3 is 2.64 bits per heavy atom. The molecule has 0 atom stereocenters. The molecule has 0 spiro atoms. The van der Waals surface area contributed by atoms with Crippen molar-refractivity contribution in [2.45, 2.75) is 0 Å². The maximum atomic E-state index is 11.5. The third-order valence-electron chi connectivity index (χ3n) is 4.04. The summed E-state index contributed by atoms with van der Waals surface area (Å²) in [6.07, 6.45) is 0. The molecule has 4 rings (SSSR count). The van der Waals surface area contributed by atoms with Gasteiger partial charge in [-0.3, -0.25) is 4.79 Å².